The van der Waals surface area contributed by atoms with E-state index in [9.17, 15) is 13.2 Å². The molecule has 4 rings (SSSR count). The summed E-state index contributed by atoms with van der Waals surface area (Å²) >= 11 is 0. The molecule has 2 fully saturated rings. The van der Waals surface area contributed by atoms with Crippen molar-refractivity contribution in [3.05, 3.63) is 23.8 Å². The van der Waals surface area contributed by atoms with Crippen molar-refractivity contribution >= 4 is 15.7 Å². The third kappa shape index (κ3) is 7.35. The third-order valence-electron chi connectivity index (χ3n) is 7.27. The molecule has 0 spiro atoms. The molecular weight excluding hydrogens is 452 g/mol. The van der Waals surface area contributed by atoms with Gasteiger partial charge in [0.05, 0.1) is 11.0 Å². The average Bonchev–Trinajstić information content (AvgIpc) is 3.35. The maximum Gasteiger partial charge on any atom is 0.220 e. The molecule has 1 N–H and O–H groups in total. The molecular formula is C26H40N2O5S. The number of rotatable bonds is 11. The van der Waals surface area contributed by atoms with Crippen LogP contribution in [0.1, 0.15) is 69.8 Å². The fourth-order valence-corrected chi connectivity index (χ4v) is 7.41. The van der Waals surface area contributed by atoms with Crippen LogP contribution in [-0.2, 0) is 21.1 Å². The van der Waals surface area contributed by atoms with Crippen LogP contribution in [0.5, 0.6) is 11.5 Å². The van der Waals surface area contributed by atoms with Crippen LogP contribution in [-0.4, -0.2) is 69.1 Å². The summed E-state index contributed by atoms with van der Waals surface area (Å²) in [5.41, 5.74) is 1.12. The molecule has 3 aliphatic rings. The summed E-state index contributed by atoms with van der Waals surface area (Å²) in [6.07, 6.45) is 9.50. The first-order chi connectivity index (χ1) is 16.5. The summed E-state index contributed by atoms with van der Waals surface area (Å²) in [7, 11) is -3.03. The molecule has 1 saturated carbocycles. The predicted octanol–water partition coefficient (Wildman–Crippen LogP) is 3.50. The highest BCUT2D eigenvalue weighted by atomic mass is 32.2. The van der Waals surface area contributed by atoms with Crippen molar-refractivity contribution in [2.24, 2.45) is 0 Å². The molecule has 1 saturated heterocycles. The lowest BCUT2D eigenvalue weighted by molar-refractivity contribution is -0.122. The number of fused-ring (bicyclic) bond motifs is 1. The van der Waals surface area contributed by atoms with E-state index in [0.717, 1.165) is 75.2 Å². The number of nitrogens with zero attached hydrogens (tertiary/aromatic N) is 1. The van der Waals surface area contributed by atoms with Gasteiger partial charge in [0.2, 0.25) is 5.91 Å². The van der Waals surface area contributed by atoms with Crippen LogP contribution in [0.15, 0.2) is 18.2 Å². The molecule has 0 radical (unpaired) electrons. The van der Waals surface area contributed by atoms with Gasteiger partial charge in [-0.2, -0.15) is 0 Å². The lowest BCUT2D eigenvalue weighted by atomic mass is 10.0. The fraction of sp³-hybridized carbons (Fsp3) is 0.731. The van der Waals surface area contributed by atoms with Crippen LogP contribution in [0.2, 0.25) is 0 Å². The highest BCUT2D eigenvalue weighted by molar-refractivity contribution is 7.92. The van der Waals surface area contributed by atoms with Crippen LogP contribution >= 0.6 is 0 Å². The number of carbonyl (C=O) groups excluding carboxylic acids is 1. The number of unbranched alkanes of at least 4 members (excludes halogenated alkanes) is 1. The normalized spacial score (nSPS) is 20.2. The van der Waals surface area contributed by atoms with E-state index in [0.29, 0.717) is 32.5 Å². The van der Waals surface area contributed by atoms with Gasteiger partial charge in [-0.25, -0.2) is 8.42 Å². The monoisotopic (exact) mass is 492 g/mol. The van der Waals surface area contributed by atoms with Gasteiger partial charge in [-0.05, 0) is 75.7 Å². The second-order valence-corrected chi connectivity index (χ2v) is 12.4. The first-order valence-corrected chi connectivity index (χ1v) is 14.8. The molecule has 0 aromatic heterocycles. The number of carbonyl (C=O) groups is 1. The Morgan fingerprint density at radius 1 is 1.00 bits per heavy atom. The van der Waals surface area contributed by atoms with E-state index >= 15 is 0 Å². The Balaban J connectivity index is 1.27. The van der Waals surface area contributed by atoms with E-state index in [4.69, 9.17) is 9.47 Å². The van der Waals surface area contributed by atoms with Crippen molar-refractivity contribution in [1.29, 1.82) is 0 Å². The van der Waals surface area contributed by atoms with E-state index in [-0.39, 0.29) is 23.0 Å². The summed E-state index contributed by atoms with van der Waals surface area (Å²) in [4.78, 5) is 15.2. The molecule has 2 aliphatic heterocycles. The van der Waals surface area contributed by atoms with Gasteiger partial charge in [0.1, 0.15) is 13.2 Å². The number of ether oxygens (including phenoxy) is 2. The lowest BCUT2D eigenvalue weighted by Gasteiger charge is -2.25. The van der Waals surface area contributed by atoms with Gasteiger partial charge in [0.15, 0.2) is 21.3 Å². The second kappa shape index (κ2) is 12.2. The summed E-state index contributed by atoms with van der Waals surface area (Å²) in [6, 6.07) is 6.03. The second-order valence-electron chi connectivity index (χ2n) is 10.0. The van der Waals surface area contributed by atoms with Gasteiger partial charge in [-0.1, -0.05) is 25.3 Å². The Hall–Kier alpha value is -1.80. The standard InChI is InChI=1S/C26H40N2O5S/c29-26(10-4-7-17-34(30,31)23-8-2-1-3-9-23)27-22(20-28-13-5-6-14-28)18-21-11-12-24-25(19-21)33-16-15-32-24/h11-12,19,22-23H,1-10,13-18,20H2,(H,27,29)/t22-/m0/s1. The highest BCUT2D eigenvalue weighted by Gasteiger charge is 2.27. The number of sulfone groups is 1. The van der Waals surface area contributed by atoms with Crippen LogP contribution in [0, 0.1) is 0 Å². The zero-order valence-electron chi connectivity index (χ0n) is 20.3. The van der Waals surface area contributed by atoms with E-state index < -0.39 is 9.84 Å². The summed E-state index contributed by atoms with van der Waals surface area (Å²) in [6.45, 7) is 4.11. The Morgan fingerprint density at radius 2 is 1.74 bits per heavy atom. The van der Waals surface area contributed by atoms with Gasteiger partial charge in [0.25, 0.3) is 0 Å². The van der Waals surface area contributed by atoms with Gasteiger partial charge in [0, 0.05) is 19.0 Å². The number of hydrogen-bond acceptors (Lipinski definition) is 6. The first-order valence-electron chi connectivity index (χ1n) is 13.1. The minimum absolute atomic E-state index is 0.0109. The number of nitrogens with one attached hydrogen (secondary N) is 1. The van der Waals surface area contributed by atoms with Crippen LogP contribution < -0.4 is 14.8 Å². The number of hydrogen-bond donors (Lipinski definition) is 1. The molecule has 0 bridgehead atoms. The third-order valence-corrected chi connectivity index (χ3v) is 9.62. The molecule has 34 heavy (non-hydrogen) atoms. The molecule has 7 nitrogen and oxygen atoms in total. The van der Waals surface area contributed by atoms with Crippen LogP contribution in [0.25, 0.3) is 0 Å². The van der Waals surface area contributed by atoms with Crippen LogP contribution in [0.4, 0.5) is 0 Å². The van der Waals surface area contributed by atoms with Gasteiger partial charge in [-0.15, -0.1) is 0 Å². The zero-order valence-corrected chi connectivity index (χ0v) is 21.1. The SMILES string of the molecule is O=C(CCCCS(=O)(=O)C1CCCCC1)N[C@@H](Cc1ccc2c(c1)OCCO2)CN1CCCC1. The lowest BCUT2D eigenvalue weighted by Crippen LogP contribution is -2.44. The quantitative estimate of drug-likeness (QED) is 0.476. The van der Waals surface area contributed by atoms with Gasteiger partial charge >= 0.3 is 0 Å². The van der Waals surface area contributed by atoms with E-state index in [2.05, 4.69) is 10.2 Å². The Morgan fingerprint density at radius 3 is 2.50 bits per heavy atom. The van der Waals surface area contributed by atoms with Crippen LogP contribution in [0.3, 0.4) is 0 Å². The molecule has 1 aliphatic carbocycles. The van der Waals surface area contributed by atoms with E-state index in [1.165, 1.54) is 12.8 Å². The number of benzene rings is 1. The molecule has 1 atom stereocenters. The van der Waals surface area contributed by atoms with Gasteiger partial charge < -0.3 is 19.7 Å². The Kier molecular flexibility index (Phi) is 9.11. The molecule has 2 heterocycles. The van der Waals surface area contributed by atoms with Crippen molar-refractivity contribution < 1.29 is 22.7 Å². The molecule has 1 aromatic carbocycles. The maximum atomic E-state index is 12.8. The van der Waals surface area contributed by atoms with Crippen molar-refractivity contribution in [1.82, 2.24) is 10.2 Å². The van der Waals surface area contributed by atoms with Crippen molar-refractivity contribution in [2.45, 2.75) is 81.9 Å². The van der Waals surface area contributed by atoms with Gasteiger partial charge in [-0.3, -0.25) is 4.79 Å². The smallest absolute Gasteiger partial charge is 0.220 e. The molecule has 1 amide bonds. The summed E-state index contributed by atoms with van der Waals surface area (Å²) in [5, 5.41) is 3.07. The fourth-order valence-electron chi connectivity index (χ4n) is 5.42. The number of amides is 1. The minimum atomic E-state index is -3.03. The summed E-state index contributed by atoms with van der Waals surface area (Å²) < 4.78 is 36.5. The zero-order chi connectivity index (χ0) is 23.8. The van der Waals surface area contributed by atoms with E-state index in [1.807, 2.05) is 18.2 Å². The van der Waals surface area contributed by atoms with E-state index in [1.54, 1.807) is 0 Å². The molecule has 0 unspecified atom stereocenters. The highest BCUT2D eigenvalue weighted by Crippen LogP contribution is 2.31. The Bertz CT molecular complexity index is 908. The molecule has 1 aromatic rings. The summed E-state index contributed by atoms with van der Waals surface area (Å²) in [5.74, 6) is 1.77. The topological polar surface area (TPSA) is 84.9 Å². The van der Waals surface area contributed by atoms with Crippen molar-refractivity contribution in [3.63, 3.8) is 0 Å². The average molecular weight is 493 g/mol. The van der Waals surface area contributed by atoms with Crippen molar-refractivity contribution in [2.75, 3.05) is 38.6 Å². The molecule has 8 heteroatoms. The Labute approximate surface area is 204 Å². The number of likely N-dealkylation sites (tertiary alicyclic amines) is 1. The maximum absolute atomic E-state index is 12.8. The molecule has 190 valence electrons. The minimum Gasteiger partial charge on any atom is -0.486 e. The predicted molar refractivity (Wildman–Crippen MR) is 133 cm³/mol. The van der Waals surface area contributed by atoms with Crippen molar-refractivity contribution in [3.8, 4) is 11.5 Å². The first kappa shape index (κ1) is 25.3. The largest absolute Gasteiger partial charge is 0.486 e.